The Bertz CT molecular complexity index is 1380. The summed E-state index contributed by atoms with van der Waals surface area (Å²) in [5.74, 6) is -0.192. The number of nitrogens with one attached hydrogen (secondary N) is 2. The van der Waals surface area contributed by atoms with Crippen LogP contribution in [0.4, 0.5) is 18.4 Å². The van der Waals surface area contributed by atoms with Crippen LogP contribution in [-0.4, -0.2) is 73.5 Å². The Balaban J connectivity index is 1.58. The van der Waals surface area contributed by atoms with Gasteiger partial charge in [-0.3, -0.25) is 4.79 Å². The first-order chi connectivity index (χ1) is 20.8. The van der Waals surface area contributed by atoms with Gasteiger partial charge in [0.1, 0.15) is 5.60 Å². The maximum atomic E-state index is 13.4. The molecule has 1 aromatic carbocycles. The summed E-state index contributed by atoms with van der Waals surface area (Å²) >= 11 is 0. The van der Waals surface area contributed by atoms with Crippen LogP contribution in [-0.2, 0) is 9.47 Å². The van der Waals surface area contributed by atoms with E-state index in [-0.39, 0.29) is 35.4 Å². The average molecular weight is 621 g/mol. The van der Waals surface area contributed by atoms with E-state index in [1.807, 2.05) is 6.08 Å². The van der Waals surface area contributed by atoms with E-state index in [4.69, 9.17) is 18.6 Å². The van der Waals surface area contributed by atoms with Gasteiger partial charge < -0.3 is 38.9 Å². The number of alkyl carbamates (subject to hydrolysis) is 1. The number of halogens is 2. The molecule has 2 heterocycles. The van der Waals surface area contributed by atoms with Gasteiger partial charge in [-0.1, -0.05) is 11.6 Å². The smallest absolute Gasteiger partial charge is 0.409 e. The van der Waals surface area contributed by atoms with Gasteiger partial charge in [-0.05, 0) is 71.1 Å². The van der Waals surface area contributed by atoms with Gasteiger partial charge in [0, 0.05) is 25.2 Å². The third kappa shape index (κ3) is 9.07. The Morgan fingerprint density at radius 2 is 1.93 bits per heavy atom. The van der Waals surface area contributed by atoms with Crippen molar-refractivity contribution in [3.63, 3.8) is 0 Å². The molecule has 1 atom stereocenters. The highest BCUT2D eigenvalue weighted by atomic mass is 19.3. The van der Waals surface area contributed by atoms with Crippen molar-refractivity contribution in [1.29, 1.82) is 0 Å². The van der Waals surface area contributed by atoms with Crippen molar-refractivity contribution in [3.8, 4) is 23.0 Å². The standard InChI is InChI=1S/C30H38F2N4O8/c1-17(34-28(38)44-30(2,3)4)24-23(25(37)33-15-18-10-12-36(13-11-18)29(39)40-5)35-26(43-24)20-8-9-21(42-27(31)32)22(14-20)41-16-19-6-7-19/h8-10,14,17,19,27H,6-7,11-13,15-16H2,1-5H3,(H,33,37)(H,34,38). The van der Waals surface area contributed by atoms with Crippen molar-refractivity contribution in [2.45, 2.75) is 65.2 Å². The molecule has 0 bridgehead atoms. The molecule has 1 fully saturated rings. The number of nitrogens with zero attached hydrogens (tertiary/aromatic N) is 2. The summed E-state index contributed by atoms with van der Waals surface area (Å²) in [6.07, 6.45) is 3.23. The van der Waals surface area contributed by atoms with Crippen molar-refractivity contribution >= 4 is 18.1 Å². The third-order valence-corrected chi connectivity index (χ3v) is 6.79. The van der Waals surface area contributed by atoms with E-state index < -0.39 is 36.3 Å². The molecular weight excluding hydrogens is 582 g/mol. The summed E-state index contributed by atoms with van der Waals surface area (Å²) in [7, 11) is 1.32. The molecule has 2 aromatic rings. The van der Waals surface area contributed by atoms with Gasteiger partial charge >= 0.3 is 18.8 Å². The summed E-state index contributed by atoms with van der Waals surface area (Å²) in [4.78, 5) is 43.6. The predicted octanol–water partition coefficient (Wildman–Crippen LogP) is 5.45. The van der Waals surface area contributed by atoms with Crippen LogP contribution >= 0.6 is 0 Å². The monoisotopic (exact) mass is 620 g/mol. The first kappa shape index (κ1) is 32.6. The lowest BCUT2D eigenvalue weighted by atomic mass is 10.1. The van der Waals surface area contributed by atoms with Crippen molar-refractivity contribution in [3.05, 3.63) is 41.3 Å². The number of hydrogen-bond acceptors (Lipinski definition) is 9. The molecule has 0 spiro atoms. The van der Waals surface area contributed by atoms with Crippen molar-refractivity contribution < 1.29 is 46.5 Å². The molecular formula is C30H38F2N4O8. The largest absolute Gasteiger partial charge is 0.489 e. The first-order valence-corrected chi connectivity index (χ1v) is 14.3. The number of rotatable bonds is 11. The quantitative estimate of drug-likeness (QED) is 0.314. The lowest BCUT2D eigenvalue weighted by Gasteiger charge is -2.25. The second-order valence-corrected chi connectivity index (χ2v) is 11.6. The molecule has 1 aromatic heterocycles. The van der Waals surface area contributed by atoms with E-state index >= 15 is 0 Å². The lowest BCUT2D eigenvalue weighted by Crippen LogP contribution is -2.37. The van der Waals surface area contributed by atoms with Crippen LogP contribution in [0.5, 0.6) is 11.5 Å². The normalized spacial score (nSPS) is 15.7. The fourth-order valence-electron chi connectivity index (χ4n) is 4.35. The van der Waals surface area contributed by atoms with Crippen molar-refractivity contribution in [1.82, 2.24) is 20.5 Å². The predicted molar refractivity (Wildman–Crippen MR) is 154 cm³/mol. The average Bonchev–Trinajstić information content (AvgIpc) is 3.68. The van der Waals surface area contributed by atoms with Crippen LogP contribution < -0.4 is 20.1 Å². The van der Waals surface area contributed by atoms with E-state index in [9.17, 15) is 23.2 Å². The maximum absolute atomic E-state index is 13.4. The van der Waals surface area contributed by atoms with Crippen molar-refractivity contribution in [2.24, 2.45) is 5.92 Å². The molecule has 3 amide bonds. The minimum Gasteiger partial charge on any atom is -0.489 e. The molecule has 1 aliphatic carbocycles. The Morgan fingerprint density at radius 3 is 2.55 bits per heavy atom. The molecule has 2 N–H and O–H groups in total. The number of ether oxygens (including phenoxy) is 4. The number of oxazole rings is 1. The molecule has 12 nitrogen and oxygen atoms in total. The lowest BCUT2D eigenvalue weighted by molar-refractivity contribution is -0.0515. The van der Waals surface area contributed by atoms with E-state index in [1.165, 1.54) is 30.2 Å². The number of methoxy groups -OCH3 is 1. The SMILES string of the molecule is COC(=O)N1CC=C(CNC(=O)c2nc(-c3ccc(OC(F)F)c(OCC4CC4)c3)oc2C(C)NC(=O)OC(C)(C)C)CC1. The van der Waals surface area contributed by atoms with E-state index in [2.05, 4.69) is 20.4 Å². The molecule has 1 saturated carbocycles. The van der Waals surface area contributed by atoms with Crippen LogP contribution in [0.3, 0.4) is 0 Å². The Morgan fingerprint density at radius 1 is 1.18 bits per heavy atom. The highest BCUT2D eigenvalue weighted by molar-refractivity contribution is 5.94. The highest BCUT2D eigenvalue weighted by Gasteiger charge is 2.29. The van der Waals surface area contributed by atoms with Gasteiger partial charge in [0.05, 0.1) is 19.8 Å². The minimum atomic E-state index is -3.05. The topological polar surface area (TPSA) is 141 Å². The first-order valence-electron chi connectivity index (χ1n) is 14.3. The highest BCUT2D eigenvalue weighted by Crippen LogP contribution is 2.37. The zero-order chi connectivity index (χ0) is 32.0. The second-order valence-electron chi connectivity index (χ2n) is 11.6. The molecule has 44 heavy (non-hydrogen) atoms. The van der Waals surface area contributed by atoms with Crippen LogP contribution in [0.1, 0.15) is 69.2 Å². The Labute approximate surface area is 254 Å². The minimum absolute atomic E-state index is 0.00783. The third-order valence-electron chi connectivity index (χ3n) is 6.79. The number of benzene rings is 1. The van der Waals surface area contributed by atoms with E-state index in [1.54, 1.807) is 27.7 Å². The van der Waals surface area contributed by atoms with Crippen LogP contribution in [0, 0.1) is 5.92 Å². The van der Waals surface area contributed by atoms with Crippen LogP contribution in [0.2, 0.25) is 0 Å². The molecule has 0 radical (unpaired) electrons. The van der Waals surface area contributed by atoms with E-state index in [0.717, 1.165) is 18.4 Å². The maximum Gasteiger partial charge on any atom is 0.409 e. The molecule has 14 heteroatoms. The van der Waals surface area contributed by atoms with Gasteiger partial charge in [-0.25, -0.2) is 14.6 Å². The summed E-state index contributed by atoms with van der Waals surface area (Å²) in [5, 5.41) is 5.48. The van der Waals surface area contributed by atoms with Crippen LogP contribution in [0.15, 0.2) is 34.3 Å². The number of hydrogen-bond donors (Lipinski definition) is 2. The van der Waals surface area contributed by atoms with Gasteiger partial charge in [-0.2, -0.15) is 8.78 Å². The molecule has 0 saturated heterocycles. The zero-order valence-electron chi connectivity index (χ0n) is 25.4. The Hall–Kier alpha value is -4.36. The Kier molecular flexibility index (Phi) is 10.3. The fraction of sp³-hybridized carbons (Fsp3) is 0.533. The molecule has 2 aliphatic rings. The van der Waals surface area contributed by atoms with Gasteiger partial charge in [0.25, 0.3) is 5.91 Å². The van der Waals surface area contributed by atoms with Crippen LogP contribution in [0.25, 0.3) is 11.5 Å². The van der Waals surface area contributed by atoms with Gasteiger partial charge in [0.2, 0.25) is 5.89 Å². The number of alkyl halides is 2. The molecule has 240 valence electrons. The summed E-state index contributed by atoms with van der Waals surface area (Å²) in [6.45, 7) is 5.06. The zero-order valence-corrected chi connectivity index (χ0v) is 25.4. The van der Waals surface area contributed by atoms with Gasteiger partial charge in [0.15, 0.2) is 23.0 Å². The number of amides is 3. The molecule has 1 aliphatic heterocycles. The number of aromatic nitrogens is 1. The van der Waals surface area contributed by atoms with Gasteiger partial charge in [-0.15, -0.1) is 0 Å². The second kappa shape index (κ2) is 14.0. The summed E-state index contributed by atoms with van der Waals surface area (Å²) in [6, 6.07) is 3.41. The fourth-order valence-corrected chi connectivity index (χ4v) is 4.35. The van der Waals surface area contributed by atoms with E-state index in [0.29, 0.717) is 37.6 Å². The number of carbonyl (C=O) groups is 3. The molecule has 4 rings (SSSR count). The number of carbonyl (C=O) groups excluding carboxylic acids is 3. The summed E-state index contributed by atoms with van der Waals surface area (Å²) < 4.78 is 52.6. The molecule has 1 unspecified atom stereocenters. The summed E-state index contributed by atoms with van der Waals surface area (Å²) in [5.41, 5.74) is 0.424. The van der Waals surface area contributed by atoms with Crippen molar-refractivity contribution in [2.75, 3.05) is 33.4 Å².